The van der Waals surface area contributed by atoms with E-state index >= 15 is 0 Å². The first-order chi connectivity index (χ1) is 9.29. The minimum absolute atomic E-state index is 0.736. The van der Waals surface area contributed by atoms with Crippen molar-refractivity contribution in [3.63, 3.8) is 0 Å². The van der Waals surface area contributed by atoms with E-state index in [1.807, 2.05) is 6.07 Å². The van der Waals surface area contributed by atoms with Gasteiger partial charge >= 0.3 is 0 Å². The highest BCUT2D eigenvalue weighted by atomic mass is 15.3. The van der Waals surface area contributed by atoms with Crippen LogP contribution in [0.25, 0.3) is 0 Å². The van der Waals surface area contributed by atoms with Gasteiger partial charge in [-0.25, -0.2) is 15.8 Å². The molecule has 2 heterocycles. The molecule has 0 amide bonds. The fourth-order valence-electron chi connectivity index (χ4n) is 2.81. The van der Waals surface area contributed by atoms with Gasteiger partial charge in [0, 0.05) is 17.5 Å². The number of pyridine rings is 1. The Hall–Kier alpha value is -1.88. The summed E-state index contributed by atoms with van der Waals surface area (Å²) < 4.78 is 2.30. The van der Waals surface area contributed by atoms with Crippen molar-refractivity contribution in [1.82, 2.24) is 14.5 Å². The molecule has 0 fully saturated rings. The maximum atomic E-state index is 5.52. The lowest BCUT2D eigenvalue weighted by Gasteiger charge is -2.16. The molecule has 1 aliphatic carbocycles. The molecule has 0 aliphatic heterocycles. The molecule has 3 N–H and O–H groups in total. The summed E-state index contributed by atoms with van der Waals surface area (Å²) in [6.45, 7) is 2.85. The third kappa shape index (κ3) is 2.21. The van der Waals surface area contributed by atoms with Crippen LogP contribution in [0.2, 0.25) is 0 Å². The number of nitrogens with zero attached hydrogens (tertiary/aromatic N) is 3. The monoisotopic (exact) mass is 257 g/mol. The van der Waals surface area contributed by atoms with Crippen LogP contribution in [0.5, 0.6) is 0 Å². The third-order valence-electron chi connectivity index (χ3n) is 3.78. The molecule has 0 saturated carbocycles. The molecule has 5 nitrogen and oxygen atoms in total. The number of aromatic nitrogens is 3. The zero-order chi connectivity index (χ0) is 13.2. The van der Waals surface area contributed by atoms with Gasteiger partial charge in [-0.1, -0.05) is 6.07 Å². The quantitative estimate of drug-likeness (QED) is 0.650. The van der Waals surface area contributed by atoms with Crippen molar-refractivity contribution >= 4 is 5.82 Å². The Labute approximate surface area is 112 Å². The van der Waals surface area contributed by atoms with E-state index in [0.29, 0.717) is 0 Å². The second kappa shape index (κ2) is 5.01. The summed E-state index contributed by atoms with van der Waals surface area (Å²) in [6.07, 6.45) is 6.49. The zero-order valence-corrected chi connectivity index (χ0v) is 11.2. The van der Waals surface area contributed by atoms with E-state index < -0.39 is 0 Å². The SMILES string of the molecule is Cc1nc2c(n1Cc1cccnc1NN)CCCC2. The molecule has 0 aromatic carbocycles. The molecular formula is C14H19N5. The Morgan fingerprint density at radius 1 is 1.37 bits per heavy atom. The Balaban J connectivity index is 1.97. The van der Waals surface area contributed by atoms with Gasteiger partial charge in [-0.15, -0.1) is 0 Å². The van der Waals surface area contributed by atoms with E-state index in [9.17, 15) is 0 Å². The summed E-state index contributed by atoms with van der Waals surface area (Å²) in [5, 5.41) is 0. The summed E-state index contributed by atoms with van der Waals surface area (Å²) in [6, 6.07) is 3.99. The lowest BCUT2D eigenvalue weighted by Crippen LogP contribution is -2.15. The molecule has 2 aromatic heterocycles. The highest BCUT2D eigenvalue weighted by Gasteiger charge is 2.18. The Morgan fingerprint density at radius 3 is 3.05 bits per heavy atom. The molecule has 2 aromatic rings. The first-order valence-electron chi connectivity index (χ1n) is 6.75. The van der Waals surface area contributed by atoms with Crippen molar-refractivity contribution < 1.29 is 0 Å². The number of hydrogen-bond acceptors (Lipinski definition) is 4. The number of imidazole rings is 1. The van der Waals surface area contributed by atoms with Gasteiger partial charge in [-0.3, -0.25) is 0 Å². The highest BCUT2D eigenvalue weighted by Crippen LogP contribution is 2.24. The Bertz CT molecular complexity index is 588. The molecular weight excluding hydrogens is 238 g/mol. The maximum Gasteiger partial charge on any atom is 0.144 e. The molecule has 100 valence electrons. The van der Waals surface area contributed by atoms with Crippen LogP contribution in [0.4, 0.5) is 5.82 Å². The van der Waals surface area contributed by atoms with Crippen molar-refractivity contribution in [2.24, 2.45) is 5.84 Å². The van der Waals surface area contributed by atoms with Gasteiger partial charge < -0.3 is 9.99 Å². The van der Waals surface area contributed by atoms with E-state index in [4.69, 9.17) is 10.8 Å². The van der Waals surface area contributed by atoms with Crippen LogP contribution >= 0.6 is 0 Å². The van der Waals surface area contributed by atoms with Gasteiger partial charge in [0.2, 0.25) is 0 Å². The van der Waals surface area contributed by atoms with Crippen LogP contribution in [0.15, 0.2) is 18.3 Å². The number of anilines is 1. The average Bonchev–Trinajstić information content (AvgIpc) is 2.76. The number of aryl methyl sites for hydroxylation is 2. The molecule has 0 spiro atoms. The number of nitrogens with two attached hydrogens (primary N) is 1. The second-order valence-electron chi connectivity index (χ2n) is 5.00. The number of fused-ring (bicyclic) bond motifs is 1. The van der Waals surface area contributed by atoms with Gasteiger partial charge in [0.05, 0.1) is 12.2 Å². The summed E-state index contributed by atoms with van der Waals surface area (Å²) in [5.41, 5.74) is 6.42. The molecule has 3 rings (SSSR count). The molecule has 0 atom stereocenters. The molecule has 0 radical (unpaired) electrons. The highest BCUT2D eigenvalue weighted by molar-refractivity contribution is 5.43. The number of hydrazine groups is 1. The van der Waals surface area contributed by atoms with Crippen molar-refractivity contribution in [3.05, 3.63) is 41.1 Å². The Morgan fingerprint density at radius 2 is 2.21 bits per heavy atom. The van der Waals surface area contributed by atoms with Crippen molar-refractivity contribution in [2.75, 3.05) is 5.43 Å². The predicted octanol–water partition coefficient (Wildman–Crippen LogP) is 1.80. The van der Waals surface area contributed by atoms with Crippen LogP contribution in [0.3, 0.4) is 0 Å². The third-order valence-corrected chi connectivity index (χ3v) is 3.78. The average molecular weight is 257 g/mol. The van der Waals surface area contributed by atoms with Gasteiger partial charge in [-0.05, 0) is 38.7 Å². The normalized spacial score (nSPS) is 14.2. The molecule has 19 heavy (non-hydrogen) atoms. The van der Waals surface area contributed by atoms with Gasteiger partial charge in [-0.2, -0.15) is 0 Å². The standard InChI is InChI=1S/C14H19N5/c1-10-17-12-6-2-3-7-13(12)19(10)9-11-5-4-8-16-14(11)18-15/h4-5,8H,2-3,6-7,9,15H2,1H3,(H,16,18). The first kappa shape index (κ1) is 12.2. The smallest absolute Gasteiger partial charge is 0.144 e. The topological polar surface area (TPSA) is 68.8 Å². The van der Waals surface area contributed by atoms with E-state index in [-0.39, 0.29) is 0 Å². The molecule has 0 bridgehead atoms. The molecule has 5 heteroatoms. The van der Waals surface area contributed by atoms with E-state index in [1.54, 1.807) is 6.20 Å². The predicted molar refractivity (Wildman–Crippen MR) is 74.8 cm³/mol. The Kier molecular flexibility index (Phi) is 3.21. The lowest BCUT2D eigenvalue weighted by atomic mass is 10.0. The minimum atomic E-state index is 0.736. The van der Waals surface area contributed by atoms with E-state index in [0.717, 1.165) is 36.6 Å². The summed E-state index contributed by atoms with van der Waals surface area (Å²) in [4.78, 5) is 8.94. The van der Waals surface area contributed by atoms with E-state index in [2.05, 4.69) is 28.0 Å². The van der Waals surface area contributed by atoms with Crippen LogP contribution in [0, 0.1) is 6.92 Å². The molecule has 0 saturated heterocycles. The zero-order valence-electron chi connectivity index (χ0n) is 11.2. The van der Waals surface area contributed by atoms with Gasteiger partial charge in [0.15, 0.2) is 0 Å². The molecule has 0 unspecified atom stereocenters. The first-order valence-corrected chi connectivity index (χ1v) is 6.75. The largest absolute Gasteiger partial charge is 0.327 e. The number of nitrogen functional groups attached to an aromatic ring is 1. The minimum Gasteiger partial charge on any atom is -0.327 e. The summed E-state index contributed by atoms with van der Waals surface area (Å²) in [7, 11) is 0. The maximum absolute atomic E-state index is 5.52. The second-order valence-corrected chi connectivity index (χ2v) is 5.00. The van der Waals surface area contributed by atoms with Crippen LogP contribution in [0.1, 0.15) is 35.6 Å². The fraction of sp³-hybridized carbons (Fsp3) is 0.429. The van der Waals surface area contributed by atoms with Gasteiger partial charge in [0.25, 0.3) is 0 Å². The van der Waals surface area contributed by atoms with Crippen LogP contribution in [-0.4, -0.2) is 14.5 Å². The van der Waals surface area contributed by atoms with Crippen molar-refractivity contribution in [2.45, 2.75) is 39.2 Å². The van der Waals surface area contributed by atoms with Gasteiger partial charge in [0.1, 0.15) is 11.6 Å². The van der Waals surface area contributed by atoms with Crippen molar-refractivity contribution in [1.29, 1.82) is 0 Å². The number of rotatable bonds is 3. The van der Waals surface area contributed by atoms with Crippen molar-refractivity contribution in [3.8, 4) is 0 Å². The van der Waals surface area contributed by atoms with Crippen LogP contribution in [-0.2, 0) is 19.4 Å². The van der Waals surface area contributed by atoms with Crippen LogP contribution < -0.4 is 11.3 Å². The lowest BCUT2D eigenvalue weighted by molar-refractivity contribution is 0.624. The van der Waals surface area contributed by atoms with E-state index in [1.165, 1.54) is 24.2 Å². The fourth-order valence-corrected chi connectivity index (χ4v) is 2.81. The molecule has 1 aliphatic rings. The number of hydrogen-bond donors (Lipinski definition) is 2. The summed E-state index contributed by atoms with van der Waals surface area (Å²) in [5.74, 6) is 7.34. The summed E-state index contributed by atoms with van der Waals surface area (Å²) >= 11 is 0. The number of nitrogens with one attached hydrogen (secondary N) is 1.